The highest BCUT2D eigenvalue weighted by Crippen LogP contribution is 2.24. The highest BCUT2D eigenvalue weighted by atomic mass is 32.2. The van der Waals surface area contributed by atoms with Crippen LogP contribution < -0.4 is 4.72 Å². The summed E-state index contributed by atoms with van der Waals surface area (Å²) in [6, 6.07) is 11.8. The first-order chi connectivity index (χ1) is 13.2. The third-order valence-electron chi connectivity index (χ3n) is 4.69. The Labute approximate surface area is 163 Å². The second kappa shape index (κ2) is 8.10. The number of ketones is 1. The molecule has 2 aromatic carbocycles. The summed E-state index contributed by atoms with van der Waals surface area (Å²) < 4.78 is 38.1. The van der Waals surface area contributed by atoms with E-state index in [1.165, 1.54) is 30.3 Å². The summed E-state index contributed by atoms with van der Waals surface area (Å²) in [5.74, 6) is -0.825. The number of benzene rings is 2. The number of carbonyl (C=O) groups is 2. The summed E-state index contributed by atoms with van der Waals surface area (Å²) in [6.45, 7) is 0.861. The molecular formula is C20H21FN2O4S. The molecule has 1 aliphatic rings. The summed E-state index contributed by atoms with van der Waals surface area (Å²) in [5, 5.41) is 0. The number of anilines is 1. The molecule has 0 atom stereocenters. The van der Waals surface area contributed by atoms with Crippen LogP contribution in [0.4, 0.5) is 10.1 Å². The number of halogens is 1. The van der Waals surface area contributed by atoms with Gasteiger partial charge in [0.15, 0.2) is 5.78 Å². The second-order valence-corrected chi connectivity index (χ2v) is 8.64. The molecule has 0 saturated carbocycles. The van der Waals surface area contributed by atoms with E-state index in [1.807, 2.05) is 0 Å². The standard InChI is InChI=1S/C20H21FN2O4S/c1-28(26,27)22-18-4-2-3-16(13-18)20(25)23-11-9-15(10-12-23)19(24)14-5-7-17(21)8-6-14/h2-8,13,15,22H,9-12H2,1H3. The summed E-state index contributed by atoms with van der Waals surface area (Å²) >= 11 is 0. The number of hydrogen-bond acceptors (Lipinski definition) is 4. The van der Waals surface area contributed by atoms with E-state index < -0.39 is 10.0 Å². The van der Waals surface area contributed by atoms with Gasteiger partial charge in [0.25, 0.3) is 5.91 Å². The minimum Gasteiger partial charge on any atom is -0.339 e. The molecule has 1 heterocycles. The van der Waals surface area contributed by atoms with Crippen LogP contribution in [-0.4, -0.2) is 44.4 Å². The van der Waals surface area contributed by atoms with E-state index in [0.717, 1.165) is 6.26 Å². The Hall–Kier alpha value is -2.74. The van der Waals surface area contributed by atoms with Crippen LogP contribution in [0.1, 0.15) is 33.6 Å². The molecule has 1 saturated heterocycles. The number of likely N-dealkylation sites (tertiary alicyclic amines) is 1. The van der Waals surface area contributed by atoms with Crippen LogP contribution in [0.3, 0.4) is 0 Å². The fourth-order valence-electron chi connectivity index (χ4n) is 3.31. The van der Waals surface area contributed by atoms with Crippen LogP contribution >= 0.6 is 0 Å². The third-order valence-corrected chi connectivity index (χ3v) is 5.30. The predicted octanol–water partition coefficient (Wildman–Crippen LogP) is 2.93. The molecule has 0 aromatic heterocycles. The molecule has 1 fully saturated rings. The maximum atomic E-state index is 13.0. The van der Waals surface area contributed by atoms with Crippen molar-refractivity contribution in [3.8, 4) is 0 Å². The summed E-state index contributed by atoms with van der Waals surface area (Å²) in [4.78, 5) is 26.9. The largest absolute Gasteiger partial charge is 0.339 e. The van der Waals surface area contributed by atoms with Gasteiger partial charge in [-0.15, -0.1) is 0 Å². The first kappa shape index (κ1) is 20.0. The molecule has 8 heteroatoms. The molecule has 3 rings (SSSR count). The number of hydrogen-bond donors (Lipinski definition) is 1. The lowest BCUT2D eigenvalue weighted by Crippen LogP contribution is -2.40. The van der Waals surface area contributed by atoms with E-state index in [-0.39, 0.29) is 23.4 Å². The van der Waals surface area contributed by atoms with Crippen LogP contribution in [0.25, 0.3) is 0 Å². The van der Waals surface area contributed by atoms with Gasteiger partial charge in [-0.25, -0.2) is 12.8 Å². The van der Waals surface area contributed by atoms with Gasteiger partial charge in [0.2, 0.25) is 10.0 Å². The molecule has 1 N–H and O–H groups in total. The number of amides is 1. The Balaban J connectivity index is 1.63. The molecule has 6 nitrogen and oxygen atoms in total. The molecule has 0 unspecified atom stereocenters. The molecule has 1 aliphatic heterocycles. The Bertz CT molecular complexity index is 982. The quantitative estimate of drug-likeness (QED) is 0.777. The predicted molar refractivity (Wildman–Crippen MR) is 104 cm³/mol. The normalized spacial score (nSPS) is 15.3. The van der Waals surface area contributed by atoms with E-state index in [2.05, 4.69) is 4.72 Å². The van der Waals surface area contributed by atoms with Gasteiger partial charge in [-0.3, -0.25) is 14.3 Å². The second-order valence-electron chi connectivity index (χ2n) is 6.89. The number of nitrogens with zero attached hydrogens (tertiary/aromatic N) is 1. The zero-order valence-electron chi connectivity index (χ0n) is 15.4. The third kappa shape index (κ3) is 4.95. The molecule has 0 aliphatic carbocycles. The van der Waals surface area contributed by atoms with E-state index in [9.17, 15) is 22.4 Å². The number of rotatable bonds is 5. The van der Waals surface area contributed by atoms with Crippen LogP contribution in [0, 0.1) is 11.7 Å². The van der Waals surface area contributed by atoms with Crippen molar-refractivity contribution in [2.24, 2.45) is 5.92 Å². The zero-order chi connectivity index (χ0) is 20.3. The van der Waals surface area contributed by atoms with Gasteiger partial charge in [0, 0.05) is 35.8 Å². The first-order valence-corrected chi connectivity index (χ1v) is 10.8. The fraction of sp³-hybridized carbons (Fsp3) is 0.300. The van der Waals surface area contributed by atoms with Gasteiger partial charge in [-0.05, 0) is 55.3 Å². The average molecular weight is 404 g/mol. The molecule has 1 amide bonds. The fourth-order valence-corrected chi connectivity index (χ4v) is 3.86. The lowest BCUT2D eigenvalue weighted by molar-refractivity contribution is 0.0650. The number of carbonyl (C=O) groups excluding carboxylic acids is 2. The van der Waals surface area contributed by atoms with Gasteiger partial charge in [0.05, 0.1) is 6.26 Å². The summed E-state index contributed by atoms with van der Waals surface area (Å²) in [6.07, 6.45) is 2.11. The smallest absolute Gasteiger partial charge is 0.253 e. The van der Waals surface area contributed by atoms with Crippen molar-refractivity contribution in [2.75, 3.05) is 24.1 Å². The number of Topliss-reactive ketones (excluding diaryl/α,β-unsaturated/α-hetero) is 1. The number of sulfonamides is 1. The van der Waals surface area contributed by atoms with E-state index in [4.69, 9.17) is 0 Å². The SMILES string of the molecule is CS(=O)(=O)Nc1cccc(C(=O)N2CCC(C(=O)c3ccc(F)cc3)CC2)c1. The molecule has 2 aromatic rings. The van der Waals surface area contributed by atoms with Crippen LogP contribution in [0.5, 0.6) is 0 Å². The number of nitrogens with one attached hydrogen (secondary N) is 1. The minimum atomic E-state index is -3.43. The summed E-state index contributed by atoms with van der Waals surface area (Å²) in [5.41, 5.74) is 1.19. The Morgan fingerprint density at radius 2 is 1.68 bits per heavy atom. The molecule has 0 bridgehead atoms. The van der Waals surface area contributed by atoms with Crippen molar-refractivity contribution in [3.05, 3.63) is 65.5 Å². The number of piperidine rings is 1. The molecular weight excluding hydrogens is 383 g/mol. The van der Waals surface area contributed by atoms with Gasteiger partial charge in [-0.1, -0.05) is 6.07 Å². The van der Waals surface area contributed by atoms with Crippen molar-refractivity contribution >= 4 is 27.4 Å². The van der Waals surface area contributed by atoms with Crippen LogP contribution in [-0.2, 0) is 10.0 Å². The topological polar surface area (TPSA) is 83.6 Å². The lowest BCUT2D eigenvalue weighted by atomic mass is 9.88. The molecule has 0 spiro atoms. The monoisotopic (exact) mass is 404 g/mol. The van der Waals surface area contributed by atoms with E-state index in [0.29, 0.717) is 42.7 Å². The molecule has 0 radical (unpaired) electrons. The highest BCUT2D eigenvalue weighted by Gasteiger charge is 2.28. The van der Waals surface area contributed by atoms with Crippen molar-refractivity contribution in [1.82, 2.24) is 4.90 Å². The highest BCUT2D eigenvalue weighted by molar-refractivity contribution is 7.92. The maximum Gasteiger partial charge on any atom is 0.253 e. The molecule has 28 heavy (non-hydrogen) atoms. The van der Waals surface area contributed by atoms with Gasteiger partial charge >= 0.3 is 0 Å². The Morgan fingerprint density at radius 3 is 2.29 bits per heavy atom. The first-order valence-electron chi connectivity index (χ1n) is 8.90. The molecule has 148 valence electrons. The van der Waals surface area contributed by atoms with Crippen LogP contribution in [0.2, 0.25) is 0 Å². The maximum absolute atomic E-state index is 13.0. The average Bonchev–Trinajstić information content (AvgIpc) is 2.66. The minimum absolute atomic E-state index is 0.0357. The van der Waals surface area contributed by atoms with Gasteiger partial charge < -0.3 is 4.90 Å². The van der Waals surface area contributed by atoms with E-state index in [1.54, 1.807) is 23.1 Å². The lowest BCUT2D eigenvalue weighted by Gasteiger charge is -2.31. The van der Waals surface area contributed by atoms with Gasteiger partial charge in [0.1, 0.15) is 5.82 Å². The Kier molecular flexibility index (Phi) is 5.79. The van der Waals surface area contributed by atoms with Crippen molar-refractivity contribution in [1.29, 1.82) is 0 Å². The van der Waals surface area contributed by atoms with Crippen molar-refractivity contribution in [2.45, 2.75) is 12.8 Å². The summed E-state index contributed by atoms with van der Waals surface area (Å²) in [7, 11) is -3.43. The van der Waals surface area contributed by atoms with Gasteiger partial charge in [-0.2, -0.15) is 0 Å². The van der Waals surface area contributed by atoms with Crippen molar-refractivity contribution in [3.63, 3.8) is 0 Å². The van der Waals surface area contributed by atoms with Crippen LogP contribution in [0.15, 0.2) is 48.5 Å². The Morgan fingerprint density at radius 1 is 1.04 bits per heavy atom. The van der Waals surface area contributed by atoms with E-state index >= 15 is 0 Å². The van der Waals surface area contributed by atoms with Crippen molar-refractivity contribution < 1.29 is 22.4 Å². The zero-order valence-corrected chi connectivity index (χ0v) is 16.2.